The van der Waals surface area contributed by atoms with Crippen LogP contribution in [0.4, 0.5) is 13.2 Å². The maximum Gasteiger partial charge on any atom is 0.523 e. The van der Waals surface area contributed by atoms with Gasteiger partial charge < -0.3 is 0 Å². The predicted octanol–water partition coefficient (Wildman–Crippen LogP) is 3.47. The van der Waals surface area contributed by atoms with Crippen LogP contribution in [-0.4, -0.2) is 13.9 Å². The highest BCUT2D eigenvalue weighted by Crippen LogP contribution is 2.27. The summed E-state index contributed by atoms with van der Waals surface area (Å²) in [5.41, 5.74) is -5.18. The van der Waals surface area contributed by atoms with Gasteiger partial charge in [0.15, 0.2) is 0 Å². The van der Waals surface area contributed by atoms with Gasteiger partial charge in [-0.15, -0.1) is 0 Å². The largest absolute Gasteiger partial charge is 0.523 e. The van der Waals surface area contributed by atoms with Gasteiger partial charge in [-0.1, -0.05) is 17.7 Å². The first-order valence-corrected chi connectivity index (χ1v) is 6.61. The van der Waals surface area contributed by atoms with E-state index in [2.05, 4.69) is 20.1 Å². The fourth-order valence-corrected chi connectivity index (χ4v) is 1.81. The van der Waals surface area contributed by atoms with Gasteiger partial charge in [0, 0.05) is 4.47 Å². The van der Waals surface area contributed by atoms with E-state index in [1.807, 2.05) is 0 Å². The van der Waals surface area contributed by atoms with Gasteiger partial charge in [-0.2, -0.15) is 21.6 Å². The molecular weight excluding hydrogens is 349 g/mol. The van der Waals surface area contributed by atoms with Crippen LogP contribution in [0.3, 0.4) is 0 Å². The van der Waals surface area contributed by atoms with Crippen molar-refractivity contribution in [1.82, 2.24) is 0 Å². The van der Waals surface area contributed by atoms with Crippen LogP contribution >= 0.6 is 27.5 Å². The Bertz CT molecular complexity index is 515. The van der Waals surface area contributed by atoms with Crippen LogP contribution in [0.2, 0.25) is 5.02 Å². The fraction of sp³-hybridized carbons (Fsp3) is 0.250. The fourth-order valence-electron chi connectivity index (χ4n) is 0.842. The molecule has 96 valence electrons. The molecule has 0 aromatic heterocycles. The molecule has 0 bridgehead atoms. The minimum Gasteiger partial charge on any atom is -0.258 e. The van der Waals surface area contributed by atoms with Crippen molar-refractivity contribution >= 4 is 37.6 Å². The molecule has 0 spiro atoms. The van der Waals surface area contributed by atoms with Crippen molar-refractivity contribution in [2.24, 2.45) is 0 Å². The molecule has 1 aromatic carbocycles. The van der Waals surface area contributed by atoms with Gasteiger partial charge >= 0.3 is 15.6 Å². The first-order chi connectivity index (χ1) is 7.63. The van der Waals surface area contributed by atoms with Crippen LogP contribution in [0.25, 0.3) is 0 Å². The SMILES string of the molecule is O=S(=O)(OCc1ccc(Cl)c(Br)c1)C(F)(F)F. The van der Waals surface area contributed by atoms with Crippen LogP contribution in [0.15, 0.2) is 22.7 Å². The monoisotopic (exact) mass is 352 g/mol. The summed E-state index contributed by atoms with van der Waals surface area (Å²) in [6, 6.07) is 4.14. The standard InChI is InChI=1S/C8H5BrClF3O3S/c9-6-3-5(1-2-7(6)10)4-16-17(14,15)8(11,12)13/h1-3H,4H2. The molecule has 0 aliphatic rings. The molecule has 0 fully saturated rings. The van der Waals surface area contributed by atoms with E-state index in [0.29, 0.717) is 9.50 Å². The molecule has 0 saturated carbocycles. The summed E-state index contributed by atoms with van der Waals surface area (Å²) in [7, 11) is -5.57. The van der Waals surface area contributed by atoms with Crippen LogP contribution < -0.4 is 0 Å². The van der Waals surface area contributed by atoms with Gasteiger partial charge in [0.05, 0.1) is 11.6 Å². The van der Waals surface area contributed by atoms with E-state index in [-0.39, 0.29) is 5.56 Å². The lowest BCUT2D eigenvalue weighted by Crippen LogP contribution is -2.25. The molecule has 0 amide bonds. The predicted molar refractivity (Wildman–Crippen MR) is 58.9 cm³/mol. The summed E-state index contributed by atoms with van der Waals surface area (Å²) in [5, 5.41) is 0.354. The van der Waals surface area contributed by atoms with Crippen molar-refractivity contribution in [2.75, 3.05) is 0 Å². The molecule has 1 rings (SSSR count). The second-order valence-electron chi connectivity index (χ2n) is 2.91. The Kier molecular flexibility index (Phi) is 4.45. The molecule has 0 N–H and O–H groups in total. The van der Waals surface area contributed by atoms with Crippen LogP contribution in [0.5, 0.6) is 0 Å². The lowest BCUT2D eigenvalue weighted by Gasteiger charge is -2.08. The molecule has 17 heavy (non-hydrogen) atoms. The number of hydrogen-bond donors (Lipinski definition) is 0. The van der Waals surface area contributed by atoms with Gasteiger partial charge in [0.1, 0.15) is 0 Å². The molecule has 3 nitrogen and oxygen atoms in total. The molecule has 0 aliphatic carbocycles. The van der Waals surface area contributed by atoms with E-state index in [4.69, 9.17) is 11.6 Å². The van der Waals surface area contributed by atoms with Crippen molar-refractivity contribution < 1.29 is 25.8 Å². The molecule has 0 unspecified atom stereocenters. The highest BCUT2D eigenvalue weighted by atomic mass is 79.9. The van der Waals surface area contributed by atoms with E-state index in [9.17, 15) is 21.6 Å². The summed E-state index contributed by atoms with van der Waals surface area (Å²) in [6.45, 7) is -0.711. The first-order valence-electron chi connectivity index (χ1n) is 4.03. The second kappa shape index (κ2) is 5.13. The summed E-state index contributed by atoms with van der Waals surface area (Å²) in [6.07, 6.45) is 0. The summed E-state index contributed by atoms with van der Waals surface area (Å²) < 4.78 is 61.3. The van der Waals surface area contributed by atoms with Gasteiger partial charge in [0.2, 0.25) is 0 Å². The Morgan fingerprint density at radius 2 is 1.94 bits per heavy atom. The zero-order valence-electron chi connectivity index (χ0n) is 7.96. The number of benzene rings is 1. The van der Waals surface area contributed by atoms with Gasteiger partial charge in [-0.25, -0.2) is 0 Å². The smallest absolute Gasteiger partial charge is 0.258 e. The van der Waals surface area contributed by atoms with Crippen LogP contribution in [-0.2, 0) is 20.9 Å². The van der Waals surface area contributed by atoms with Crippen molar-refractivity contribution in [2.45, 2.75) is 12.1 Å². The third-order valence-corrected chi connectivity index (χ3v) is 3.86. The third kappa shape index (κ3) is 3.84. The van der Waals surface area contributed by atoms with Crippen molar-refractivity contribution in [3.63, 3.8) is 0 Å². The van der Waals surface area contributed by atoms with Gasteiger partial charge in [-0.05, 0) is 33.6 Å². The molecule has 0 atom stereocenters. The van der Waals surface area contributed by atoms with Crippen molar-refractivity contribution in [1.29, 1.82) is 0 Å². The molecule has 0 heterocycles. The minimum atomic E-state index is -5.57. The molecule has 1 aromatic rings. The molecule has 0 aliphatic heterocycles. The van der Waals surface area contributed by atoms with Crippen LogP contribution in [0, 0.1) is 0 Å². The summed E-state index contributed by atoms with van der Waals surface area (Å²) >= 11 is 8.70. The lowest BCUT2D eigenvalue weighted by molar-refractivity contribution is -0.0547. The van der Waals surface area contributed by atoms with Crippen LogP contribution in [0.1, 0.15) is 5.56 Å². The minimum absolute atomic E-state index is 0.245. The number of alkyl halides is 3. The maximum absolute atomic E-state index is 11.9. The van der Waals surface area contributed by atoms with Gasteiger partial charge in [0.25, 0.3) is 0 Å². The average molecular weight is 354 g/mol. The van der Waals surface area contributed by atoms with Crippen molar-refractivity contribution in [3.8, 4) is 0 Å². The summed E-state index contributed by atoms with van der Waals surface area (Å²) in [5.74, 6) is 0. The molecule has 9 heteroatoms. The lowest BCUT2D eigenvalue weighted by atomic mass is 10.2. The number of rotatable bonds is 3. The second-order valence-corrected chi connectivity index (χ2v) is 5.78. The Morgan fingerprint density at radius 3 is 2.41 bits per heavy atom. The van der Waals surface area contributed by atoms with E-state index in [1.165, 1.54) is 18.2 Å². The normalized spacial score (nSPS) is 12.8. The van der Waals surface area contributed by atoms with E-state index < -0.39 is 22.2 Å². The average Bonchev–Trinajstić information content (AvgIpc) is 2.18. The Labute approximate surface area is 109 Å². The van der Waals surface area contributed by atoms with E-state index in [1.54, 1.807) is 0 Å². The Balaban J connectivity index is 2.78. The third-order valence-electron chi connectivity index (χ3n) is 1.65. The Morgan fingerprint density at radius 1 is 1.35 bits per heavy atom. The molecule has 0 saturated heterocycles. The quantitative estimate of drug-likeness (QED) is 0.617. The topological polar surface area (TPSA) is 43.4 Å². The highest BCUT2D eigenvalue weighted by molar-refractivity contribution is 9.10. The molecule has 0 radical (unpaired) electrons. The zero-order valence-corrected chi connectivity index (χ0v) is 11.1. The Hall–Kier alpha value is -0.310. The van der Waals surface area contributed by atoms with Crippen molar-refractivity contribution in [3.05, 3.63) is 33.3 Å². The van der Waals surface area contributed by atoms with E-state index in [0.717, 1.165) is 0 Å². The zero-order chi connectivity index (χ0) is 13.3. The first kappa shape index (κ1) is 14.7. The van der Waals surface area contributed by atoms with Gasteiger partial charge in [-0.3, -0.25) is 4.18 Å². The number of halogens is 5. The summed E-state index contributed by atoms with van der Waals surface area (Å²) in [4.78, 5) is 0. The maximum atomic E-state index is 11.9. The number of hydrogen-bond acceptors (Lipinski definition) is 3. The molecular formula is C8H5BrClF3O3S. The highest BCUT2D eigenvalue weighted by Gasteiger charge is 2.47. The van der Waals surface area contributed by atoms with E-state index >= 15 is 0 Å².